The van der Waals surface area contributed by atoms with Gasteiger partial charge in [-0.15, -0.1) is 0 Å². The van der Waals surface area contributed by atoms with E-state index in [-0.39, 0.29) is 17.2 Å². The van der Waals surface area contributed by atoms with E-state index in [9.17, 15) is 4.79 Å². The van der Waals surface area contributed by atoms with Gasteiger partial charge in [0, 0.05) is 11.1 Å². The Morgan fingerprint density at radius 1 is 1.00 bits per heavy atom. The number of aryl methyl sites for hydroxylation is 3. The van der Waals surface area contributed by atoms with Crippen molar-refractivity contribution in [2.24, 2.45) is 0 Å². The van der Waals surface area contributed by atoms with E-state index in [0.29, 0.717) is 15.9 Å². The Balaban J connectivity index is 1.93. The van der Waals surface area contributed by atoms with Gasteiger partial charge in [0.2, 0.25) is 0 Å². The Labute approximate surface area is 156 Å². The van der Waals surface area contributed by atoms with Crippen LogP contribution in [0.1, 0.15) is 22.4 Å². The lowest BCUT2D eigenvalue weighted by Crippen LogP contribution is -2.12. The molecule has 5 heteroatoms. The summed E-state index contributed by atoms with van der Waals surface area (Å²) in [4.78, 5) is 16.8. The third-order valence-corrected chi connectivity index (χ3v) is 4.71. The predicted octanol–water partition coefficient (Wildman–Crippen LogP) is 5.61. The van der Waals surface area contributed by atoms with Crippen LogP contribution < -0.4 is 4.74 Å². The quantitative estimate of drug-likeness (QED) is 0.442. The van der Waals surface area contributed by atoms with Crippen LogP contribution in [0.15, 0.2) is 36.4 Å². The minimum atomic E-state index is -0.392. The highest BCUT2D eigenvalue weighted by Crippen LogP contribution is 2.37. The summed E-state index contributed by atoms with van der Waals surface area (Å²) in [6.45, 7) is 5.90. The lowest BCUT2D eigenvalue weighted by atomic mass is 10.0. The largest absolute Gasteiger partial charge is 0.422 e. The van der Waals surface area contributed by atoms with Gasteiger partial charge in [0.1, 0.15) is 5.52 Å². The molecule has 0 saturated carbocycles. The predicted molar refractivity (Wildman–Crippen MR) is 102 cm³/mol. The van der Waals surface area contributed by atoms with Crippen LogP contribution in [0.2, 0.25) is 10.0 Å². The number of carbonyl (C=O) groups is 1. The molecule has 0 aliphatic heterocycles. The molecule has 25 heavy (non-hydrogen) atoms. The summed E-state index contributed by atoms with van der Waals surface area (Å²) in [7, 11) is 0. The maximum Gasteiger partial charge on any atom is 0.315 e. The highest BCUT2D eigenvalue weighted by Gasteiger charge is 2.17. The minimum Gasteiger partial charge on any atom is -0.422 e. The van der Waals surface area contributed by atoms with E-state index in [1.54, 1.807) is 6.07 Å². The van der Waals surface area contributed by atoms with Crippen LogP contribution in [0, 0.1) is 20.8 Å². The van der Waals surface area contributed by atoms with E-state index in [1.165, 1.54) is 5.56 Å². The minimum absolute atomic E-state index is 0.160. The molecule has 0 radical (unpaired) electrons. The van der Waals surface area contributed by atoms with Crippen molar-refractivity contribution in [1.82, 2.24) is 4.98 Å². The number of ether oxygens (including phenoxy) is 1. The zero-order valence-electron chi connectivity index (χ0n) is 14.2. The van der Waals surface area contributed by atoms with Crippen LogP contribution in [0.4, 0.5) is 0 Å². The average molecular weight is 374 g/mol. The molecule has 3 nitrogen and oxygen atoms in total. The fourth-order valence-corrected chi connectivity index (χ4v) is 3.17. The number of fused-ring (bicyclic) bond motifs is 1. The molecule has 0 spiro atoms. The van der Waals surface area contributed by atoms with Crippen molar-refractivity contribution in [3.05, 3.63) is 68.8 Å². The molecule has 1 aromatic heterocycles. The van der Waals surface area contributed by atoms with Crippen LogP contribution in [0.3, 0.4) is 0 Å². The van der Waals surface area contributed by atoms with Crippen molar-refractivity contribution in [3.63, 3.8) is 0 Å². The van der Waals surface area contributed by atoms with Gasteiger partial charge in [-0.05, 0) is 55.7 Å². The highest BCUT2D eigenvalue weighted by atomic mass is 35.5. The number of hydrogen-bond donors (Lipinski definition) is 0. The molecule has 0 amide bonds. The number of esters is 1. The van der Waals surface area contributed by atoms with Crippen molar-refractivity contribution in [3.8, 4) is 5.75 Å². The fraction of sp³-hybridized carbons (Fsp3) is 0.200. The molecule has 3 aromatic rings. The van der Waals surface area contributed by atoms with Crippen molar-refractivity contribution in [2.45, 2.75) is 27.2 Å². The number of carbonyl (C=O) groups excluding carboxylic acids is 1. The molecule has 0 atom stereocenters. The zero-order chi connectivity index (χ0) is 18.1. The fourth-order valence-electron chi connectivity index (χ4n) is 2.62. The van der Waals surface area contributed by atoms with Gasteiger partial charge in [-0.3, -0.25) is 4.79 Å². The topological polar surface area (TPSA) is 39.2 Å². The van der Waals surface area contributed by atoms with E-state index in [1.807, 2.05) is 51.1 Å². The Bertz CT molecular complexity index is 983. The van der Waals surface area contributed by atoms with E-state index in [0.717, 1.165) is 16.8 Å². The number of benzene rings is 2. The Hall–Kier alpha value is -2.10. The third-order valence-electron chi connectivity index (χ3n) is 4.11. The summed E-state index contributed by atoms with van der Waals surface area (Å²) in [6, 6.07) is 11.2. The maximum absolute atomic E-state index is 12.4. The first-order valence-corrected chi connectivity index (χ1v) is 8.63. The number of nitrogens with zero attached hydrogens (tertiary/aromatic N) is 1. The first-order valence-electron chi connectivity index (χ1n) is 7.87. The van der Waals surface area contributed by atoms with Crippen LogP contribution >= 0.6 is 23.2 Å². The molecule has 128 valence electrons. The van der Waals surface area contributed by atoms with E-state index in [4.69, 9.17) is 27.9 Å². The van der Waals surface area contributed by atoms with Crippen molar-refractivity contribution < 1.29 is 9.53 Å². The Morgan fingerprint density at radius 2 is 1.76 bits per heavy atom. The van der Waals surface area contributed by atoms with E-state index < -0.39 is 5.97 Å². The molecule has 0 saturated heterocycles. The third kappa shape index (κ3) is 3.78. The lowest BCUT2D eigenvalue weighted by Gasteiger charge is -2.11. The van der Waals surface area contributed by atoms with E-state index >= 15 is 0 Å². The van der Waals surface area contributed by atoms with Gasteiger partial charge >= 0.3 is 5.97 Å². The van der Waals surface area contributed by atoms with Crippen molar-refractivity contribution >= 4 is 40.1 Å². The van der Waals surface area contributed by atoms with Crippen LogP contribution in [0.25, 0.3) is 10.9 Å². The molecular weight excluding hydrogens is 357 g/mol. The second-order valence-corrected chi connectivity index (χ2v) is 6.90. The monoisotopic (exact) mass is 373 g/mol. The first-order chi connectivity index (χ1) is 11.8. The summed E-state index contributed by atoms with van der Waals surface area (Å²) < 4.78 is 5.55. The second kappa shape index (κ2) is 7.03. The number of aromatic nitrogens is 1. The second-order valence-electron chi connectivity index (χ2n) is 6.09. The molecule has 0 bridgehead atoms. The smallest absolute Gasteiger partial charge is 0.315 e. The summed E-state index contributed by atoms with van der Waals surface area (Å²) >= 11 is 12.5. The molecule has 0 aliphatic rings. The number of halogens is 2. The van der Waals surface area contributed by atoms with E-state index in [2.05, 4.69) is 4.98 Å². The molecule has 0 N–H and O–H groups in total. The average Bonchev–Trinajstić information content (AvgIpc) is 2.54. The lowest BCUT2D eigenvalue weighted by molar-refractivity contribution is -0.133. The molecule has 0 fully saturated rings. The number of hydrogen-bond acceptors (Lipinski definition) is 3. The van der Waals surface area contributed by atoms with Crippen LogP contribution in [-0.2, 0) is 11.2 Å². The maximum atomic E-state index is 12.4. The SMILES string of the molecule is Cc1ccc2c(Cl)cc(Cl)c(OC(=O)Cc3ccc(C)c(C)c3)c2n1. The standard InChI is InChI=1S/C20H17Cl2NO2/c1-11-4-6-14(8-12(11)2)9-18(24)25-20-17(22)10-16(21)15-7-5-13(3)23-19(15)20/h4-8,10H,9H2,1-3H3. The zero-order valence-corrected chi connectivity index (χ0v) is 15.7. The summed E-state index contributed by atoms with van der Waals surface area (Å²) in [5.41, 5.74) is 4.50. The number of rotatable bonds is 3. The van der Waals surface area contributed by atoms with Gasteiger partial charge in [-0.2, -0.15) is 0 Å². The molecule has 0 aliphatic carbocycles. The van der Waals surface area contributed by atoms with Crippen molar-refractivity contribution in [1.29, 1.82) is 0 Å². The molecule has 1 heterocycles. The van der Waals surface area contributed by atoms with Gasteiger partial charge in [0.05, 0.1) is 16.5 Å². The molecular formula is C20H17Cl2NO2. The Kier molecular flexibility index (Phi) is 4.98. The van der Waals surface area contributed by atoms with Gasteiger partial charge in [0.15, 0.2) is 5.75 Å². The molecule has 2 aromatic carbocycles. The summed E-state index contributed by atoms with van der Waals surface area (Å²) in [5, 5.41) is 1.44. The number of pyridine rings is 1. The summed E-state index contributed by atoms with van der Waals surface area (Å²) in [5.74, 6) is -0.143. The van der Waals surface area contributed by atoms with Gasteiger partial charge in [-0.1, -0.05) is 41.4 Å². The molecule has 3 rings (SSSR count). The van der Waals surface area contributed by atoms with Crippen LogP contribution in [0.5, 0.6) is 5.75 Å². The van der Waals surface area contributed by atoms with Crippen molar-refractivity contribution in [2.75, 3.05) is 0 Å². The van der Waals surface area contributed by atoms with Gasteiger partial charge in [0.25, 0.3) is 0 Å². The first kappa shape index (κ1) is 17.7. The van der Waals surface area contributed by atoms with Crippen LogP contribution in [-0.4, -0.2) is 11.0 Å². The van der Waals surface area contributed by atoms with Gasteiger partial charge in [-0.25, -0.2) is 4.98 Å². The Morgan fingerprint density at radius 3 is 2.48 bits per heavy atom. The van der Waals surface area contributed by atoms with Gasteiger partial charge < -0.3 is 4.74 Å². The summed E-state index contributed by atoms with van der Waals surface area (Å²) in [6.07, 6.45) is 0.160. The molecule has 0 unspecified atom stereocenters. The highest BCUT2D eigenvalue weighted by molar-refractivity contribution is 6.39. The normalized spacial score (nSPS) is 10.9.